The lowest BCUT2D eigenvalue weighted by Gasteiger charge is -2.33. The molecule has 1 aliphatic carbocycles. The Labute approximate surface area is 409 Å². The first-order valence-electron chi connectivity index (χ1n) is 24.4. The lowest BCUT2D eigenvalue weighted by Crippen LogP contribution is -2.57. The van der Waals surface area contributed by atoms with E-state index in [1.54, 1.807) is 0 Å². The van der Waals surface area contributed by atoms with Crippen LogP contribution >= 0.6 is 0 Å². The molecule has 3 aliphatic rings. The summed E-state index contributed by atoms with van der Waals surface area (Å²) in [4.78, 5) is 0. The second-order valence-corrected chi connectivity index (χ2v) is 19.1. The Kier molecular flexibility index (Phi) is 7.94. The van der Waals surface area contributed by atoms with Crippen molar-refractivity contribution in [3.05, 3.63) is 237 Å². The van der Waals surface area contributed by atoms with E-state index in [2.05, 4.69) is 246 Å². The van der Waals surface area contributed by atoms with E-state index in [4.69, 9.17) is 9.47 Å². The van der Waals surface area contributed by atoms with Crippen LogP contribution in [0.4, 0.5) is 0 Å². The molecule has 0 saturated heterocycles. The number of fused-ring (bicyclic) bond motifs is 18. The average molecular weight is 903 g/mol. The van der Waals surface area contributed by atoms with Crippen molar-refractivity contribution >= 4 is 66.7 Å². The number of ether oxygens (including phenoxy) is 2. The van der Waals surface area contributed by atoms with Crippen molar-refractivity contribution in [2.45, 2.75) is 0 Å². The van der Waals surface area contributed by atoms with E-state index in [9.17, 15) is 0 Å². The molecule has 4 heterocycles. The molecule has 0 unspecified atom stereocenters. The van der Waals surface area contributed by atoms with Gasteiger partial charge in [0, 0.05) is 38.3 Å². The fourth-order valence-electron chi connectivity index (χ4n) is 12.4. The largest absolute Gasteiger partial charge is 0.458 e. The van der Waals surface area contributed by atoms with Gasteiger partial charge in [-0.2, -0.15) is 0 Å². The molecule has 2 aromatic heterocycles. The Bertz CT molecular complexity index is 4320. The van der Waals surface area contributed by atoms with E-state index in [-0.39, 0.29) is 6.71 Å². The molecule has 2 aliphatic heterocycles. The predicted octanol–water partition coefficient (Wildman–Crippen LogP) is 15.3. The van der Waals surface area contributed by atoms with Gasteiger partial charge in [-0.15, -0.1) is 0 Å². The van der Waals surface area contributed by atoms with Gasteiger partial charge in [0.2, 0.25) is 0 Å². The molecule has 5 heteroatoms. The molecule has 71 heavy (non-hydrogen) atoms. The number of benzene rings is 11. The zero-order valence-electron chi connectivity index (χ0n) is 38.3. The molecule has 4 nitrogen and oxygen atoms in total. The summed E-state index contributed by atoms with van der Waals surface area (Å²) in [6.07, 6.45) is 0. The smallest absolute Gasteiger partial charge is 0.260 e. The molecular weight excluding hydrogens is 864 g/mol. The minimum atomic E-state index is -0.0243. The van der Waals surface area contributed by atoms with Gasteiger partial charge in [0.05, 0.1) is 27.8 Å². The van der Waals surface area contributed by atoms with Gasteiger partial charge in [0.1, 0.15) is 23.0 Å². The summed E-state index contributed by atoms with van der Waals surface area (Å²) in [5.74, 6) is 3.36. The summed E-state index contributed by atoms with van der Waals surface area (Å²) in [5, 5.41) is 4.86. The fraction of sp³-hybridized carbons (Fsp3) is 0. The van der Waals surface area contributed by atoms with Crippen molar-refractivity contribution in [2.75, 3.05) is 0 Å². The Hall–Kier alpha value is -9.32. The van der Waals surface area contributed by atoms with E-state index in [0.717, 1.165) is 78.5 Å². The van der Waals surface area contributed by atoms with Crippen molar-refractivity contribution in [2.24, 2.45) is 0 Å². The summed E-state index contributed by atoms with van der Waals surface area (Å²) in [6.45, 7) is -0.0243. The standard InChI is InChI=1S/C66H39BN2O2/c1-2-18-43-42(17-1)44-19-3-5-21-46(44)52-38-51(40-35-64-66-65(36-40)71-63-32-16-11-27-56(63)67(66)55-26-10-15-31-62(55)70-64)61(39-53(52)47-22-6-4-20-45(43)47)69-59-30-14-9-25-50(59)54-37-41(33-34-60(54)69)68-57-28-12-7-23-48(57)49-24-8-13-29-58(49)68/h1-39H. The summed E-state index contributed by atoms with van der Waals surface area (Å²) < 4.78 is 18.9. The third kappa shape index (κ3) is 5.46. The molecule has 0 bridgehead atoms. The predicted molar refractivity (Wildman–Crippen MR) is 294 cm³/mol. The van der Waals surface area contributed by atoms with E-state index < -0.39 is 0 Å². The number of hydrogen-bond donors (Lipinski definition) is 0. The Morgan fingerprint density at radius 2 is 0.690 bits per heavy atom. The molecule has 11 aromatic carbocycles. The minimum absolute atomic E-state index is 0.0243. The van der Waals surface area contributed by atoms with Gasteiger partial charge in [-0.1, -0.05) is 164 Å². The first kappa shape index (κ1) is 38.6. The van der Waals surface area contributed by atoms with Crippen molar-refractivity contribution in [1.29, 1.82) is 0 Å². The van der Waals surface area contributed by atoms with Gasteiger partial charge in [0.25, 0.3) is 6.71 Å². The molecule has 0 fully saturated rings. The first-order valence-corrected chi connectivity index (χ1v) is 24.4. The SMILES string of the molecule is c1ccc2c(c1)Oc1cc(-c3cc4c(cc3-n3c5ccccc5c5cc(-n6c7ccccc7c7ccccc76)ccc53)-c3ccccc3-c3ccccc3-c3ccccc3-4)cc3c1B2c1ccccc1O3. The van der Waals surface area contributed by atoms with Gasteiger partial charge < -0.3 is 18.6 Å². The Morgan fingerprint density at radius 3 is 1.23 bits per heavy atom. The maximum Gasteiger partial charge on any atom is 0.260 e. The summed E-state index contributed by atoms with van der Waals surface area (Å²) in [6, 6.07) is 86.4. The highest BCUT2D eigenvalue weighted by Gasteiger charge is 2.40. The third-order valence-electron chi connectivity index (χ3n) is 15.4. The second kappa shape index (κ2) is 14.6. The van der Waals surface area contributed by atoms with Gasteiger partial charge in [-0.3, -0.25) is 0 Å². The van der Waals surface area contributed by atoms with Crippen molar-refractivity contribution in [1.82, 2.24) is 9.13 Å². The van der Waals surface area contributed by atoms with Gasteiger partial charge >= 0.3 is 0 Å². The minimum Gasteiger partial charge on any atom is -0.458 e. The van der Waals surface area contributed by atoms with E-state index in [1.165, 1.54) is 71.5 Å². The fourth-order valence-corrected chi connectivity index (χ4v) is 12.4. The lowest BCUT2D eigenvalue weighted by atomic mass is 9.35. The number of para-hydroxylation sites is 5. The van der Waals surface area contributed by atoms with Crippen LogP contribution in [0.3, 0.4) is 0 Å². The summed E-state index contributed by atoms with van der Waals surface area (Å²) in [5.41, 5.74) is 21.8. The maximum atomic E-state index is 6.98. The molecule has 0 N–H and O–H groups in total. The zero-order valence-corrected chi connectivity index (χ0v) is 38.3. The normalized spacial score (nSPS) is 12.7. The van der Waals surface area contributed by atoms with Crippen LogP contribution in [0.15, 0.2) is 237 Å². The van der Waals surface area contributed by atoms with Crippen molar-refractivity contribution < 1.29 is 9.47 Å². The van der Waals surface area contributed by atoms with Crippen LogP contribution in [-0.2, 0) is 0 Å². The molecule has 0 atom stereocenters. The Morgan fingerprint density at radius 1 is 0.282 bits per heavy atom. The number of aromatic nitrogens is 2. The highest BCUT2D eigenvalue weighted by atomic mass is 16.5. The molecule has 0 amide bonds. The summed E-state index contributed by atoms with van der Waals surface area (Å²) >= 11 is 0. The van der Waals surface area contributed by atoms with Crippen LogP contribution in [0.2, 0.25) is 0 Å². The van der Waals surface area contributed by atoms with Crippen LogP contribution in [0.5, 0.6) is 23.0 Å². The van der Waals surface area contributed by atoms with Gasteiger partial charge in [-0.25, -0.2) is 0 Å². The molecular formula is C66H39BN2O2. The van der Waals surface area contributed by atoms with Crippen LogP contribution in [-0.4, -0.2) is 15.8 Å². The maximum absolute atomic E-state index is 6.98. The van der Waals surface area contributed by atoms with Gasteiger partial charge in [0.15, 0.2) is 0 Å². The molecule has 0 radical (unpaired) electrons. The van der Waals surface area contributed by atoms with E-state index in [1.807, 2.05) is 0 Å². The lowest BCUT2D eigenvalue weighted by molar-refractivity contribution is 0.465. The van der Waals surface area contributed by atoms with Gasteiger partial charge in [-0.05, 0) is 134 Å². The van der Waals surface area contributed by atoms with Crippen LogP contribution in [0.25, 0.3) is 111 Å². The highest BCUT2D eigenvalue weighted by molar-refractivity contribution is 6.98. The average Bonchev–Trinajstić information content (AvgIpc) is 3.95. The van der Waals surface area contributed by atoms with E-state index >= 15 is 0 Å². The quantitative estimate of drug-likeness (QED) is 0.165. The molecule has 0 spiro atoms. The number of hydrogen-bond acceptors (Lipinski definition) is 2. The van der Waals surface area contributed by atoms with Crippen molar-refractivity contribution in [3.8, 4) is 90.0 Å². The molecule has 328 valence electrons. The van der Waals surface area contributed by atoms with Crippen molar-refractivity contribution in [3.63, 3.8) is 0 Å². The molecule has 16 rings (SSSR count). The topological polar surface area (TPSA) is 28.3 Å². The van der Waals surface area contributed by atoms with Crippen LogP contribution in [0, 0.1) is 0 Å². The molecule has 0 saturated carbocycles. The zero-order chi connectivity index (χ0) is 46.3. The third-order valence-corrected chi connectivity index (χ3v) is 15.4. The Balaban J connectivity index is 1.02. The highest BCUT2D eigenvalue weighted by Crippen LogP contribution is 2.51. The first-order chi connectivity index (χ1) is 35.2. The molecule has 13 aromatic rings. The second-order valence-electron chi connectivity index (χ2n) is 19.1. The van der Waals surface area contributed by atoms with Crippen LogP contribution < -0.4 is 25.9 Å². The number of nitrogens with zero attached hydrogens (tertiary/aromatic N) is 2. The monoisotopic (exact) mass is 902 g/mol. The summed E-state index contributed by atoms with van der Waals surface area (Å²) in [7, 11) is 0. The van der Waals surface area contributed by atoms with Crippen LogP contribution in [0.1, 0.15) is 0 Å². The number of rotatable bonds is 3. The van der Waals surface area contributed by atoms with E-state index in [0.29, 0.717) is 0 Å².